The quantitative estimate of drug-likeness (QED) is 0.436. The van der Waals surface area contributed by atoms with Crippen LogP contribution in [0.25, 0.3) is 0 Å². The largest absolute Gasteiger partial charge is 0.416 e. The van der Waals surface area contributed by atoms with Gasteiger partial charge in [-0.1, -0.05) is 30.3 Å². The Labute approximate surface area is 218 Å². The molecule has 0 bridgehead atoms. The number of rotatable bonds is 7. The van der Waals surface area contributed by atoms with Gasteiger partial charge in [-0.25, -0.2) is 0 Å². The minimum Gasteiger partial charge on any atom is -0.381 e. The predicted molar refractivity (Wildman–Crippen MR) is 130 cm³/mol. The van der Waals surface area contributed by atoms with Crippen LogP contribution in [0, 0.1) is 11.3 Å². The average Bonchev–Trinajstić information content (AvgIpc) is 2.89. The third-order valence-electron chi connectivity index (χ3n) is 7.68. The Kier molecular flexibility index (Phi) is 8.72. The molecule has 2 aliphatic heterocycles. The average molecular weight is 543 g/mol. The molecule has 2 saturated heterocycles. The van der Waals surface area contributed by atoms with E-state index >= 15 is 0 Å². The summed E-state index contributed by atoms with van der Waals surface area (Å²) in [5, 5.41) is 6.37. The standard InChI is InChI=1S/C28H32F6N2O2/c29-27(30,31)22-14-20(15-23(17-22)28(32,33)34)16-24(21-6-12-38-13-7-21)36-25(37)26(8-10-35-11-9-26)18-19-4-2-1-3-5-19/h1-5,14-15,17,21,24,35H,6-13,16,18H2,(H,36,37). The number of carbonyl (C=O) groups excluding carboxylic acids is 1. The molecule has 208 valence electrons. The highest BCUT2D eigenvalue weighted by molar-refractivity contribution is 5.83. The maximum atomic E-state index is 13.9. The molecule has 10 heteroatoms. The van der Waals surface area contributed by atoms with E-state index in [1.54, 1.807) is 0 Å². The summed E-state index contributed by atoms with van der Waals surface area (Å²) in [5.41, 5.74) is -2.52. The molecule has 0 radical (unpaired) electrons. The van der Waals surface area contributed by atoms with Crippen LogP contribution in [0.15, 0.2) is 48.5 Å². The molecule has 2 heterocycles. The summed E-state index contributed by atoms with van der Waals surface area (Å²) in [7, 11) is 0. The van der Waals surface area contributed by atoms with Crippen LogP contribution in [0.4, 0.5) is 26.3 Å². The molecule has 2 fully saturated rings. The van der Waals surface area contributed by atoms with Gasteiger partial charge in [0.1, 0.15) is 0 Å². The molecule has 0 aromatic heterocycles. The zero-order valence-electron chi connectivity index (χ0n) is 20.9. The Morgan fingerprint density at radius 3 is 2.05 bits per heavy atom. The smallest absolute Gasteiger partial charge is 0.381 e. The Bertz CT molecular complexity index is 1040. The van der Waals surface area contributed by atoms with Crippen molar-refractivity contribution < 1.29 is 35.9 Å². The van der Waals surface area contributed by atoms with Crippen LogP contribution in [0.3, 0.4) is 0 Å². The number of benzene rings is 2. The van der Waals surface area contributed by atoms with Gasteiger partial charge in [0.2, 0.25) is 5.91 Å². The molecule has 0 aliphatic carbocycles. The predicted octanol–water partition coefficient (Wildman–Crippen LogP) is 5.79. The molecular formula is C28H32F6N2O2. The zero-order valence-corrected chi connectivity index (χ0v) is 20.9. The summed E-state index contributed by atoms with van der Waals surface area (Å²) in [6.07, 6.45) is -7.21. The first kappa shape index (κ1) is 28.4. The lowest BCUT2D eigenvalue weighted by atomic mass is 9.73. The van der Waals surface area contributed by atoms with Crippen molar-refractivity contribution in [3.8, 4) is 0 Å². The third kappa shape index (κ3) is 7.08. The van der Waals surface area contributed by atoms with E-state index in [0.29, 0.717) is 58.4 Å². The SMILES string of the molecule is O=C(NC(Cc1cc(C(F)(F)F)cc(C(F)(F)F)c1)C1CCOCC1)C1(Cc2ccccc2)CCNCC1. The highest BCUT2D eigenvalue weighted by Crippen LogP contribution is 2.38. The number of hydrogen-bond acceptors (Lipinski definition) is 3. The molecule has 0 saturated carbocycles. The molecule has 38 heavy (non-hydrogen) atoms. The number of ether oxygens (including phenoxy) is 1. The van der Waals surface area contributed by atoms with Crippen LogP contribution >= 0.6 is 0 Å². The molecule has 2 aromatic carbocycles. The van der Waals surface area contributed by atoms with Crippen molar-refractivity contribution in [3.05, 3.63) is 70.8 Å². The van der Waals surface area contributed by atoms with Gasteiger partial charge in [-0.3, -0.25) is 4.79 Å². The fourth-order valence-electron chi connectivity index (χ4n) is 5.54. The van der Waals surface area contributed by atoms with Gasteiger partial charge in [-0.05, 0) is 86.9 Å². The third-order valence-corrected chi connectivity index (χ3v) is 7.68. The van der Waals surface area contributed by atoms with E-state index in [1.165, 1.54) is 0 Å². The van der Waals surface area contributed by atoms with Crippen LogP contribution in [0.5, 0.6) is 0 Å². The molecular weight excluding hydrogens is 510 g/mol. The topological polar surface area (TPSA) is 50.4 Å². The van der Waals surface area contributed by atoms with Gasteiger partial charge < -0.3 is 15.4 Å². The highest BCUT2D eigenvalue weighted by Gasteiger charge is 2.42. The van der Waals surface area contributed by atoms with Crippen LogP contribution in [-0.2, 0) is 34.7 Å². The second kappa shape index (κ2) is 11.7. The van der Waals surface area contributed by atoms with Crippen LogP contribution in [0.2, 0.25) is 0 Å². The number of amides is 1. The van der Waals surface area contributed by atoms with E-state index in [-0.39, 0.29) is 29.9 Å². The monoisotopic (exact) mass is 542 g/mol. The molecule has 1 amide bonds. The zero-order chi connectivity index (χ0) is 27.4. The van der Waals surface area contributed by atoms with Crippen molar-refractivity contribution in [3.63, 3.8) is 0 Å². The van der Waals surface area contributed by atoms with Crippen molar-refractivity contribution in [2.45, 2.75) is 56.9 Å². The van der Waals surface area contributed by atoms with E-state index < -0.39 is 34.9 Å². The summed E-state index contributed by atoms with van der Waals surface area (Å²) < 4.78 is 86.3. The first-order valence-electron chi connectivity index (χ1n) is 12.9. The summed E-state index contributed by atoms with van der Waals surface area (Å²) in [6.45, 7) is 2.13. The van der Waals surface area contributed by atoms with Crippen LogP contribution in [0.1, 0.15) is 47.9 Å². The Hall–Kier alpha value is -2.59. The molecule has 1 atom stereocenters. The van der Waals surface area contributed by atoms with E-state index in [2.05, 4.69) is 10.6 Å². The second-order valence-electron chi connectivity index (χ2n) is 10.3. The number of piperidine rings is 1. The van der Waals surface area contributed by atoms with Crippen LogP contribution < -0.4 is 10.6 Å². The van der Waals surface area contributed by atoms with Crippen molar-refractivity contribution in [1.29, 1.82) is 0 Å². The van der Waals surface area contributed by atoms with Crippen molar-refractivity contribution in [2.75, 3.05) is 26.3 Å². The van der Waals surface area contributed by atoms with Crippen molar-refractivity contribution in [2.24, 2.45) is 11.3 Å². The maximum absolute atomic E-state index is 13.9. The molecule has 2 aliphatic rings. The Morgan fingerprint density at radius 1 is 0.921 bits per heavy atom. The fraction of sp³-hybridized carbons (Fsp3) is 0.536. The van der Waals surface area contributed by atoms with Gasteiger partial charge in [-0.2, -0.15) is 26.3 Å². The van der Waals surface area contributed by atoms with Gasteiger partial charge in [-0.15, -0.1) is 0 Å². The lowest BCUT2D eigenvalue weighted by Crippen LogP contribution is -2.53. The van der Waals surface area contributed by atoms with E-state index in [0.717, 1.165) is 17.7 Å². The number of carbonyl (C=O) groups is 1. The summed E-state index contributed by atoms with van der Waals surface area (Å²) >= 11 is 0. The van der Waals surface area contributed by atoms with Gasteiger partial charge in [0.15, 0.2) is 0 Å². The number of halogens is 6. The lowest BCUT2D eigenvalue weighted by Gasteiger charge is -2.39. The van der Waals surface area contributed by atoms with Crippen molar-refractivity contribution in [1.82, 2.24) is 10.6 Å². The minimum absolute atomic E-state index is 0.105. The van der Waals surface area contributed by atoms with Gasteiger partial charge in [0.05, 0.1) is 16.5 Å². The Balaban J connectivity index is 1.64. The summed E-state index contributed by atoms with van der Waals surface area (Å²) in [4.78, 5) is 13.9. The van der Waals surface area contributed by atoms with Gasteiger partial charge >= 0.3 is 12.4 Å². The molecule has 4 rings (SSSR count). The second-order valence-corrected chi connectivity index (χ2v) is 10.3. The first-order valence-corrected chi connectivity index (χ1v) is 12.9. The van der Waals surface area contributed by atoms with Crippen molar-refractivity contribution >= 4 is 5.91 Å². The Morgan fingerprint density at radius 2 is 1.50 bits per heavy atom. The van der Waals surface area contributed by atoms with Gasteiger partial charge in [0, 0.05) is 19.3 Å². The minimum atomic E-state index is -4.93. The van der Waals surface area contributed by atoms with Gasteiger partial charge in [0.25, 0.3) is 0 Å². The van der Waals surface area contributed by atoms with E-state index in [9.17, 15) is 31.1 Å². The number of nitrogens with one attached hydrogen (secondary N) is 2. The van der Waals surface area contributed by atoms with E-state index in [1.807, 2.05) is 30.3 Å². The van der Waals surface area contributed by atoms with Crippen LogP contribution in [-0.4, -0.2) is 38.3 Å². The first-order chi connectivity index (χ1) is 18.0. The summed E-state index contributed by atoms with van der Waals surface area (Å²) in [5.74, 6) is -0.338. The number of hydrogen-bond donors (Lipinski definition) is 2. The molecule has 1 unspecified atom stereocenters. The molecule has 2 N–H and O–H groups in total. The number of alkyl halides is 6. The molecule has 2 aromatic rings. The molecule has 4 nitrogen and oxygen atoms in total. The maximum Gasteiger partial charge on any atom is 0.416 e. The fourth-order valence-corrected chi connectivity index (χ4v) is 5.54. The summed E-state index contributed by atoms with van der Waals surface area (Å²) in [6, 6.07) is 10.6. The normalized spacial score (nSPS) is 19.6. The highest BCUT2D eigenvalue weighted by atomic mass is 19.4. The molecule has 0 spiro atoms. The lowest BCUT2D eigenvalue weighted by molar-refractivity contribution is -0.143. The van der Waals surface area contributed by atoms with E-state index in [4.69, 9.17) is 4.74 Å².